The molecule has 1 unspecified atom stereocenters. The molecule has 10 heteroatoms. The van der Waals surface area contributed by atoms with Gasteiger partial charge < -0.3 is 14.8 Å². The van der Waals surface area contributed by atoms with Crippen molar-refractivity contribution in [2.24, 2.45) is 5.92 Å². The second kappa shape index (κ2) is 9.15. The van der Waals surface area contributed by atoms with Gasteiger partial charge >= 0.3 is 6.01 Å². The van der Waals surface area contributed by atoms with E-state index in [1.807, 2.05) is 0 Å². The van der Waals surface area contributed by atoms with Gasteiger partial charge in [-0.15, -0.1) is 0 Å². The third-order valence-corrected chi connectivity index (χ3v) is 5.40. The van der Waals surface area contributed by atoms with Gasteiger partial charge in [-0.3, -0.25) is 4.98 Å². The minimum atomic E-state index is -0.959. The molecule has 1 aliphatic rings. The first kappa shape index (κ1) is 20.8. The molecule has 0 saturated heterocycles. The number of halogens is 2. The smallest absolute Gasteiger partial charge is 0.320 e. The summed E-state index contributed by atoms with van der Waals surface area (Å²) in [6, 6.07) is 4.68. The molecule has 0 spiro atoms. The summed E-state index contributed by atoms with van der Waals surface area (Å²) in [6.07, 6.45) is 4.93. The van der Waals surface area contributed by atoms with Crippen LogP contribution in [0, 0.1) is 11.7 Å². The number of alkyl halides is 1. The minimum Gasteiger partial charge on any atom is -0.481 e. The number of rotatable bonds is 8. The van der Waals surface area contributed by atoms with Crippen molar-refractivity contribution in [2.45, 2.75) is 24.9 Å². The third-order valence-electron chi connectivity index (χ3n) is 5.40. The van der Waals surface area contributed by atoms with Gasteiger partial charge in [0.2, 0.25) is 11.8 Å². The van der Waals surface area contributed by atoms with Crippen LogP contribution >= 0.6 is 0 Å². The van der Waals surface area contributed by atoms with Gasteiger partial charge in [0, 0.05) is 48.6 Å². The fourth-order valence-corrected chi connectivity index (χ4v) is 3.56. The Morgan fingerprint density at radius 1 is 1.13 bits per heavy atom. The van der Waals surface area contributed by atoms with Crippen LogP contribution in [0.4, 0.5) is 14.7 Å². The number of ether oxygens (including phenoxy) is 2. The molecule has 1 saturated carbocycles. The Labute approximate surface area is 178 Å². The maximum absolute atomic E-state index is 14.3. The Morgan fingerprint density at radius 3 is 2.55 bits per heavy atom. The Hall–Kier alpha value is -3.43. The molecule has 162 valence electrons. The average molecular weight is 428 g/mol. The first-order chi connectivity index (χ1) is 15.1. The van der Waals surface area contributed by atoms with Gasteiger partial charge in [-0.05, 0) is 25.0 Å². The van der Waals surface area contributed by atoms with Crippen LogP contribution in [0.2, 0.25) is 0 Å². The number of hydrogen-bond acceptors (Lipinski definition) is 8. The van der Waals surface area contributed by atoms with Gasteiger partial charge in [0.05, 0.1) is 25.6 Å². The van der Waals surface area contributed by atoms with E-state index in [0.717, 1.165) is 0 Å². The second-order valence-corrected chi connectivity index (χ2v) is 7.19. The fraction of sp³-hybridized carbons (Fsp3) is 0.381. The molecule has 0 bridgehead atoms. The number of aromatic nitrogens is 5. The number of methoxy groups -OCH3 is 2. The van der Waals surface area contributed by atoms with E-state index in [1.54, 1.807) is 18.5 Å². The number of pyridine rings is 1. The lowest BCUT2D eigenvalue weighted by Crippen LogP contribution is -2.37. The topological polar surface area (TPSA) is 94.9 Å². The maximum Gasteiger partial charge on any atom is 0.320 e. The SMILES string of the molecule is COc1cc(-c2cnc(NC[C@H](c3ncccc3F)C3CC[C@@H]3F)nc2)nc(OC)n1. The molecule has 4 rings (SSSR count). The monoisotopic (exact) mass is 428 g/mol. The molecule has 0 radical (unpaired) electrons. The van der Waals surface area contributed by atoms with Gasteiger partial charge in [0.25, 0.3) is 0 Å². The van der Waals surface area contributed by atoms with E-state index in [1.165, 1.54) is 32.5 Å². The molecule has 3 atom stereocenters. The third kappa shape index (κ3) is 4.52. The van der Waals surface area contributed by atoms with Crippen molar-refractivity contribution < 1.29 is 18.3 Å². The molecule has 3 aromatic rings. The lowest BCUT2D eigenvalue weighted by molar-refractivity contribution is 0.0894. The van der Waals surface area contributed by atoms with E-state index in [-0.39, 0.29) is 24.2 Å². The van der Waals surface area contributed by atoms with Gasteiger partial charge in [0.15, 0.2) is 0 Å². The van der Waals surface area contributed by atoms with E-state index in [9.17, 15) is 8.78 Å². The van der Waals surface area contributed by atoms with Crippen molar-refractivity contribution in [3.05, 3.63) is 48.3 Å². The predicted molar refractivity (Wildman–Crippen MR) is 109 cm³/mol. The summed E-state index contributed by atoms with van der Waals surface area (Å²) >= 11 is 0. The van der Waals surface area contributed by atoms with Crippen LogP contribution in [0.5, 0.6) is 11.9 Å². The van der Waals surface area contributed by atoms with Gasteiger partial charge in [-0.25, -0.2) is 18.7 Å². The average Bonchev–Trinajstić information content (AvgIpc) is 2.81. The standard InChI is InChI=1S/C21H22F2N6O2/c1-30-18-8-17(28-21(29-18)31-2)12-9-25-20(26-10-12)27-11-14(13-5-6-15(13)22)19-16(23)4-3-7-24-19/h3-4,7-10,13-15H,5-6,11H2,1-2H3,(H,25,26,27)/t13?,14-,15-/m0/s1. The highest BCUT2D eigenvalue weighted by Gasteiger charge is 2.39. The van der Waals surface area contributed by atoms with Crippen molar-refractivity contribution in [1.82, 2.24) is 24.9 Å². The van der Waals surface area contributed by atoms with Gasteiger partial charge in [-0.1, -0.05) is 0 Å². The number of anilines is 1. The quantitative estimate of drug-likeness (QED) is 0.583. The Bertz CT molecular complexity index is 1010. The molecule has 1 fully saturated rings. The summed E-state index contributed by atoms with van der Waals surface area (Å²) in [5.41, 5.74) is 1.44. The summed E-state index contributed by atoms with van der Waals surface area (Å²) in [5.74, 6) is -0.435. The Morgan fingerprint density at radius 2 is 1.94 bits per heavy atom. The van der Waals surface area contributed by atoms with E-state index in [0.29, 0.717) is 35.9 Å². The zero-order chi connectivity index (χ0) is 21.8. The van der Waals surface area contributed by atoms with Crippen LogP contribution in [-0.2, 0) is 0 Å². The van der Waals surface area contributed by atoms with E-state index >= 15 is 0 Å². The number of nitrogens with zero attached hydrogens (tertiary/aromatic N) is 5. The maximum atomic E-state index is 14.3. The molecule has 0 aliphatic heterocycles. The first-order valence-electron chi connectivity index (χ1n) is 9.87. The van der Waals surface area contributed by atoms with Gasteiger partial charge in [0.1, 0.15) is 12.0 Å². The van der Waals surface area contributed by atoms with Gasteiger partial charge in [-0.2, -0.15) is 9.97 Å². The predicted octanol–water partition coefficient (Wildman–Crippen LogP) is 3.43. The highest BCUT2D eigenvalue weighted by atomic mass is 19.1. The van der Waals surface area contributed by atoms with E-state index in [2.05, 4.69) is 30.2 Å². The summed E-state index contributed by atoms with van der Waals surface area (Å²) < 4.78 is 38.6. The fourth-order valence-electron chi connectivity index (χ4n) is 3.56. The van der Waals surface area contributed by atoms with Crippen LogP contribution in [0.25, 0.3) is 11.3 Å². The van der Waals surface area contributed by atoms with Crippen LogP contribution < -0.4 is 14.8 Å². The van der Waals surface area contributed by atoms with Crippen LogP contribution in [0.3, 0.4) is 0 Å². The second-order valence-electron chi connectivity index (χ2n) is 7.19. The lowest BCUT2D eigenvalue weighted by atomic mass is 9.72. The molecule has 31 heavy (non-hydrogen) atoms. The highest BCUT2D eigenvalue weighted by molar-refractivity contribution is 5.59. The molecule has 1 aliphatic carbocycles. The summed E-state index contributed by atoms with van der Waals surface area (Å²) in [7, 11) is 2.97. The Kier molecular flexibility index (Phi) is 6.15. The van der Waals surface area contributed by atoms with Crippen LogP contribution in [-0.4, -0.2) is 51.9 Å². The zero-order valence-corrected chi connectivity index (χ0v) is 17.1. The van der Waals surface area contributed by atoms with Crippen molar-refractivity contribution in [3.8, 4) is 23.1 Å². The molecule has 3 aromatic heterocycles. The van der Waals surface area contributed by atoms with E-state index in [4.69, 9.17) is 9.47 Å². The minimum absolute atomic E-state index is 0.165. The van der Waals surface area contributed by atoms with Crippen LogP contribution in [0.15, 0.2) is 36.8 Å². The summed E-state index contributed by atoms with van der Waals surface area (Å²) in [6.45, 7) is 0.271. The largest absolute Gasteiger partial charge is 0.481 e. The zero-order valence-electron chi connectivity index (χ0n) is 17.1. The van der Waals surface area contributed by atoms with Crippen molar-refractivity contribution in [2.75, 3.05) is 26.1 Å². The molecule has 0 amide bonds. The van der Waals surface area contributed by atoms with E-state index < -0.39 is 17.9 Å². The van der Waals surface area contributed by atoms with Crippen molar-refractivity contribution >= 4 is 5.95 Å². The molecule has 8 nitrogen and oxygen atoms in total. The van der Waals surface area contributed by atoms with Crippen molar-refractivity contribution in [3.63, 3.8) is 0 Å². The molecular weight excluding hydrogens is 406 g/mol. The molecular formula is C21H22F2N6O2. The number of nitrogens with one attached hydrogen (secondary N) is 1. The van der Waals surface area contributed by atoms with Crippen LogP contribution in [0.1, 0.15) is 24.5 Å². The molecule has 3 heterocycles. The lowest BCUT2D eigenvalue weighted by Gasteiger charge is -2.37. The highest BCUT2D eigenvalue weighted by Crippen LogP contribution is 2.41. The molecule has 0 aromatic carbocycles. The Balaban J connectivity index is 1.50. The number of hydrogen-bond donors (Lipinski definition) is 1. The summed E-state index contributed by atoms with van der Waals surface area (Å²) in [4.78, 5) is 21.1. The van der Waals surface area contributed by atoms with Crippen molar-refractivity contribution in [1.29, 1.82) is 0 Å². The summed E-state index contributed by atoms with van der Waals surface area (Å²) in [5, 5.41) is 3.09. The first-order valence-corrected chi connectivity index (χ1v) is 9.87. The normalized spacial score (nSPS) is 18.7. The molecule has 1 N–H and O–H groups in total.